The number of hydrogen-bond acceptors (Lipinski definition) is 3. The zero-order valence-electron chi connectivity index (χ0n) is 13.7. The molecule has 0 saturated carbocycles. The third-order valence-corrected chi connectivity index (χ3v) is 4.06. The lowest BCUT2D eigenvalue weighted by atomic mass is 9.92. The summed E-state index contributed by atoms with van der Waals surface area (Å²) >= 11 is 0. The molecular weight excluding hydrogens is 248 g/mol. The molecule has 1 fully saturated rings. The molecular formula is C16H30N4. The average Bonchev–Trinajstić information content (AvgIpc) is 2.74. The van der Waals surface area contributed by atoms with Gasteiger partial charge in [0.2, 0.25) is 0 Å². The Kier molecular flexibility index (Phi) is 4.86. The van der Waals surface area contributed by atoms with Crippen molar-refractivity contribution in [1.82, 2.24) is 19.8 Å². The monoisotopic (exact) mass is 278 g/mol. The number of rotatable bonds is 5. The summed E-state index contributed by atoms with van der Waals surface area (Å²) < 4.78 is 2.35. The van der Waals surface area contributed by atoms with Crippen molar-refractivity contribution >= 4 is 0 Å². The standard InChI is InChI=1S/C16H30N4/c1-13-7-6-8-14(18-13)15-9-17-12-20(15)11-16(2,3)10-19(4)5/h9,12-14,18H,6-8,10-11H2,1-5H3. The molecule has 114 valence electrons. The second-order valence-corrected chi connectivity index (χ2v) is 7.40. The normalized spacial score (nSPS) is 24.3. The van der Waals surface area contributed by atoms with Crippen molar-refractivity contribution in [3.63, 3.8) is 0 Å². The molecule has 1 aromatic rings. The minimum Gasteiger partial charge on any atom is -0.333 e. The molecule has 0 radical (unpaired) electrons. The Balaban J connectivity index is 2.08. The van der Waals surface area contributed by atoms with Crippen LogP contribution in [0.4, 0.5) is 0 Å². The van der Waals surface area contributed by atoms with Gasteiger partial charge in [0, 0.05) is 31.4 Å². The number of hydrogen-bond donors (Lipinski definition) is 1. The lowest BCUT2D eigenvalue weighted by Gasteiger charge is -2.32. The van der Waals surface area contributed by atoms with E-state index in [2.05, 4.69) is 54.6 Å². The molecule has 4 heteroatoms. The highest BCUT2D eigenvalue weighted by Crippen LogP contribution is 2.27. The summed E-state index contributed by atoms with van der Waals surface area (Å²) in [6.45, 7) is 9.04. The Morgan fingerprint density at radius 2 is 2.15 bits per heavy atom. The molecule has 1 aliphatic rings. The summed E-state index contributed by atoms with van der Waals surface area (Å²) in [5.74, 6) is 0. The van der Waals surface area contributed by atoms with Crippen molar-refractivity contribution in [2.75, 3.05) is 20.6 Å². The summed E-state index contributed by atoms with van der Waals surface area (Å²) in [6.07, 6.45) is 7.86. The minimum atomic E-state index is 0.249. The molecule has 1 aromatic heterocycles. The number of piperidine rings is 1. The Bertz CT molecular complexity index is 422. The van der Waals surface area contributed by atoms with Gasteiger partial charge in [0.25, 0.3) is 0 Å². The fourth-order valence-corrected chi connectivity index (χ4v) is 3.49. The summed E-state index contributed by atoms with van der Waals surface area (Å²) in [5, 5.41) is 3.71. The van der Waals surface area contributed by atoms with Gasteiger partial charge in [-0.15, -0.1) is 0 Å². The lowest BCUT2D eigenvalue weighted by molar-refractivity contribution is 0.206. The zero-order chi connectivity index (χ0) is 14.8. The summed E-state index contributed by atoms with van der Waals surface area (Å²) in [5.41, 5.74) is 1.60. The summed E-state index contributed by atoms with van der Waals surface area (Å²) in [4.78, 5) is 6.66. The predicted octanol–water partition coefficient (Wildman–Crippen LogP) is 2.67. The zero-order valence-corrected chi connectivity index (χ0v) is 13.7. The van der Waals surface area contributed by atoms with Crippen LogP contribution in [-0.2, 0) is 6.54 Å². The van der Waals surface area contributed by atoms with Gasteiger partial charge in [-0.25, -0.2) is 4.98 Å². The van der Waals surface area contributed by atoms with Crippen molar-refractivity contribution in [2.45, 2.75) is 58.7 Å². The van der Waals surface area contributed by atoms with Crippen molar-refractivity contribution in [3.8, 4) is 0 Å². The maximum Gasteiger partial charge on any atom is 0.0948 e. The van der Waals surface area contributed by atoms with Crippen molar-refractivity contribution in [2.24, 2.45) is 5.41 Å². The van der Waals surface area contributed by atoms with Crippen LogP contribution in [0.2, 0.25) is 0 Å². The largest absolute Gasteiger partial charge is 0.333 e. The number of imidazole rings is 1. The molecule has 0 bridgehead atoms. The molecule has 2 rings (SSSR count). The highest BCUT2D eigenvalue weighted by Gasteiger charge is 2.25. The van der Waals surface area contributed by atoms with Crippen molar-refractivity contribution < 1.29 is 0 Å². The summed E-state index contributed by atoms with van der Waals surface area (Å²) in [6, 6.07) is 1.09. The van der Waals surface area contributed by atoms with Crippen LogP contribution in [0.3, 0.4) is 0 Å². The molecule has 4 nitrogen and oxygen atoms in total. The van der Waals surface area contributed by atoms with E-state index in [4.69, 9.17) is 0 Å². The van der Waals surface area contributed by atoms with E-state index in [1.165, 1.54) is 25.0 Å². The van der Waals surface area contributed by atoms with Gasteiger partial charge in [0.05, 0.1) is 12.0 Å². The van der Waals surface area contributed by atoms with Crippen molar-refractivity contribution in [3.05, 3.63) is 18.2 Å². The highest BCUT2D eigenvalue weighted by molar-refractivity contribution is 5.07. The van der Waals surface area contributed by atoms with E-state index in [1.807, 2.05) is 12.5 Å². The van der Waals surface area contributed by atoms with Crippen LogP contribution in [0.25, 0.3) is 0 Å². The van der Waals surface area contributed by atoms with Crippen LogP contribution < -0.4 is 5.32 Å². The molecule has 2 heterocycles. The molecule has 20 heavy (non-hydrogen) atoms. The molecule has 0 aliphatic carbocycles. The van der Waals surface area contributed by atoms with Gasteiger partial charge in [0.1, 0.15) is 0 Å². The minimum absolute atomic E-state index is 0.249. The van der Waals surface area contributed by atoms with Crippen LogP contribution in [0.1, 0.15) is 51.8 Å². The molecule has 1 N–H and O–H groups in total. The van der Waals surface area contributed by atoms with Gasteiger partial charge in [-0.1, -0.05) is 13.8 Å². The van der Waals surface area contributed by atoms with Crippen LogP contribution in [0.15, 0.2) is 12.5 Å². The Morgan fingerprint density at radius 1 is 1.40 bits per heavy atom. The van der Waals surface area contributed by atoms with E-state index in [0.29, 0.717) is 12.1 Å². The first kappa shape index (κ1) is 15.5. The van der Waals surface area contributed by atoms with Gasteiger partial charge < -0.3 is 14.8 Å². The number of aromatic nitrogens is 2. The second-order valence-electron chi connectivity index (χ2n) is 7.40. The smallest absolute Gasteiger partial charge is 0.0948 e. The van der Waals surface area contributed by atoms with E-state index < -0.39 is 0 Å². The molecule has 2 atom stereocenters. The SMILES string of the molecule is CC1CCCC(c2cncn2CC(C)(C)CN(C)C)N1. The van der Waals surface area contributed by atoms with E-state index in [9.17, 15) is 0 Å². The first-order valence-electron chi connectivity index (χ1n) is 7.78. The maximum atomic E-state index is 4.40. The first-order chi connectivity index (χ1) is 9.37. The van der Waals surface area contributed by atoms with Crippen LogP contribution >= 0.6 is 0 Å². The maximum absolute atomic E-state index is 4.40. The molecule has 1 aliphatic heterocycles. The third kappa shape index (κ3) is 4.06. The van der Waals surface area contributed by atoms with Gasteiger partial charge in [-0.05, 0) is 45.7 Å². The average molecular weight is 278 g/mol. The Labute approximate surface area is 123 Å². The van der Waals surface area contributed by atoms with Crippen LogP contribution in [0, 0.1) is 5.41 Å². The summed E-state index contributed by atoms with van der Waals surface area (Å²) in [7, 11) is 4.28. The molecule has 2 unspecified atom stereocenters. The number of nitrogens with zero attached hydrogens (tertiary/aromatic N) is 3. The van der Waals surface area contributed by atoms with E-state index >= 15 is 0 Å². The molecule has 0 spiro atoms. The van der Waals surface area contributed by atoms with Crippen LogP contribution in [0.5, 0.6) is 0 Å². The van der Waals surface area contributed by atoms with Gasteiger partial charge in [-0.3, -0.25) is 0 Å². The van der Waals surface area contributed by atoms with Crippen LogP contribution in [-0.4, -0.2) is 41.1 Å². The van der Waals surface area contributed by atoms with E-state index in [0.717, 1.165) is 13.1 Å². The van der Waals surface area contributed by atoms with Gasteiger partial charge >= 0.3 is 0 Å². The predicted molar refractivity (Wildman–Crippen MR) is 83.8 cm³/mol. The highest BCUT2D eigenvalue weighted by atomic mass is 15.1. The van der Waals surface area contributed by atoms with Crippen molar-refractivity contribution in [1.29, 1.82) is 0 Å². The Hall–Kier alpha value is -0.870. The second kappa shape index (κ2) is 6.27. The number of nitrogens with one attached hydrogen (secondary N) is 1. The fourth-order valence-electron chi connectivity index (χ4n) is 3.49. The van der Waals surface area contributed by atoms with Gasteiger partial charge in [0.15, 0.2) is 0 Å². The van der Waals surface area contributed by atoms with E-state index in [1.54, 1.807) is 0 Å². The Morgan fingerprint density at radius 3 is 2.80 bits per heavy atom. The van der Waals surface area contributed by atoms with E-state index in [-0.39, 0.29) is 5.41 Å². The first-order valence-corrected chi connectivity index (χ1v) is 7.78. The topological polar surface area (TPSA) is 33.1 Å². The molecule has 0 aromatic carbocycles. The third-order valence-electron chi connectivity index (χ3n) is 4.06. The lowest BCUT2D eigenvalue weighted by Crippen LogP contribution is -2.37. The fraction of sp³-hybridized carbons (Fsp3) is 0.812. The molecule has 0 amide bonds. The molecule has 1 saturated heterocycles. The quantitative estimate of drug-likeness (QED) is 0.899. The van der Waals surface area contributed by atoms with Gasteiger partial charge in [-0.2, -0.15) is 0 Å².